The Kier molecular flexibility index (Phi) is 3.06. The van der Waals surface area contributed by atoms with Crippen molar-refractivity contribution in [3.63, 3.8) is 0 Å². The second-order valence-electron chi connectivity index (χ2n) is 4.66. The number of phenolic OH excluding ortho intramolecular Hbond substituents is 1. The van der Waals surface area contributed by atoms with E-state index in [4.69, 9.17) is 9.47 Å². The highest BCUT2D eigenvalue weighted by Crippen LogP contribution is 2.40. The Hall–Kier alpha value is -2.49. The van der Waals surface area contributed by atoms with E-state index in [0.29, 0.717) is 11.5 Å². The molecule has 0 amide bonds. The highest BCUT2D eigenvalue weighted by Gasteiger charge is 2.33. The van der Waals surface area contributed by atoms with Crippen molar-refractivity contribution >= 4 is 5.78 Å². The van der Waals surface area contributed by atoms with Crippen molar-refractivity contribution < 1.29 is 19.4 Å². The average molecular weight is 270 g/mol. The van der Waals surface area contributed by atoms with Crippen LogP contribution >= 0.6 is 0 Å². The molecular formula is C16H14O4. The SMILES string of the molecule is COc1cc(O)c2c(c1)OCC(c1ccccc1)C2=O. The first-order valence-electron chi connectivity index (χ1n) is 6.33. The molecule has 0 aliphatic carbocycles. The number of methoxy groups -OCH3 is 1. The molecule has 3 rings (SSSR count). The van der Waals surface area contributed by atoms with Crippen LogP contribution in [0.5, 0.6) is 17.2 Å². The van der Waals surface area contributed by atoms with E-state index < -0.39 is 0 Å². The van der Waals surface area contributed by atoms with E-state index in [9.17, 15) is 9.90 Å². The lowest BCUT2D eigenvalue weighted by Crippen LogP contribution is -2.26. The van der Waals surface area contributed by atoms with Gasteiger partial charge in [0.2, 0.25) is 0 Å². The largest absolute Gasteiger partial charge is 0.507 e. The molecule has 2 aromatic rings. The molecule has 0 radical (unpaired) electrons. The van der Waals surface area contributed by atoms with E-state index in [-0.39, 0.29) is 29.6 Å². The molecule has 0 fully saturated rings. The Morgan fingerprint density at radius 3 is 2.70 bits per heavy atom. The molecule has 1 aliphatic rings. The average Bonchev–Trinajstić information content (AvgIpc) is 2.48. The van der Waals surface area contributed by atoms with Gasteiger partial charge in [0.25, 0.3) is 0 Å². The van der Waals surface area contributed by atoms with E-state index >= 15 is 0 Å². The molecule has 0 bridgehead atoms. The Morgan fingerprint density at radius 1 is 1.25 bits per heavy atom. The van der Waals surface area contributed by atoms with Crippen LogP contribution in [0.3, 0.4) is 0 Å². The second-order valence-corrected chi connectivity index (χ2v) is 4.66. The molecular weight excluding hydrogens is 256 g/mol. The number of ketones is 1. The summed E-state index contributed by atoms with van der Waals surface area (Å²) in [6, 6.07) is 12.5. The van der Waals surface area contributed by atoms with E-state index in [0.717, 1.165) is 5.56 Å². The van der Waals surface area contributed by atoms with Crippen LogP contribution in [-0.2, 0) is 0 Å². The lowest BCUT2D eigenvalue weighted by atomic mass is 9.88. The van der Waals surface area contributed by atoms with E-state index in [1.165, 1.54) is 13.2 Å². The molecule has 20 heavy (non-hydrogen) atoms. The van der Waals surface area contributed by atoms with Crippen LogP contribution < -0.4 is 9.47 Å². The third kappa shape index (κ3) is 1.99. The molecule has 1 heterocycles. The maximum Gasteiger partial charge on any atom is 0.181 e. The number of carbonyl (C=O) groups excluding carboxylic acids is 1. The Labute approximate surface area is 116 Å². The molecule has 102 valence electrons. The summed E-state index contributed by atoms with van der Waals surface area (Å²) in [6.45, 7) is 0.266. The Bertz CT molecular complexity index is 649. The molecule has 0 saturated heterocycles. The van der Waals surface area contributed by atoms with Crippen LogP contribution in [0.2, 0.25) is 0 Å². The summed E-state index contributed by atoms with van der Waals surface area (Å²) in [6.07, 6.45) is 0. The number of benzene rings is 2. The minimum absolute atomic E-state index is 0.106. The van der Waals surface area contributed by atoms with Crippen molar-refractivity contribution in [3.8, 4) is 17.2 Å². The van der Waals surface area contributed by atoms with Gasteiger partial charge in [-0.3, -0.25) is 4.79 Å². The molecule has 2 aromatic carbocycles. The molecule has 1 atom stereocenters. The van der Waals surface area contributed by atoms with Gasteiger partial charge in [-0.25, -0.2) is 0 Å². The predicted octanol–water partition coefficient (Wildman–Crippen LogP) is 2.76. The summed E-state index contributed by atoms with van der Waals surface area (Å²) >= 11 is 0. The van der Waals surface area contributed by atoms with E-state index in [1.807, 2.05) is 30.3 Å². The molecule has 0 spiro atoms. The fraction of sp³-hybridized carbons (Fsp3) is 0.188. The monoisotopic (exact) mass is 270 g/mol. The van der Waals surface area contributed by atoms with Gasteiger partial charge in [0.05, 0.1) is 13.0 Å². The number of aromatic hydroxyl groups is 1. The third-order valence-electron chi connectivity index (χ3n) is 3.46. The topological polar surface area (TPSA) is 55.8 Å². The number of hydrogen-bond acceptors (Lipinski definition) is 4. The molecule has 4 heteroatoms. The Balaban J connectivity index is 2.03. The lowest BCUT2D eigenvalue weighted by Gasteiger charge is -2.25. The summed E-state index contributed by atoms with van der Waals surface area (Å²) in [4.78, 5) is 12.6. The number of carbonyl (C=O) groups is 1. The maximum atomic E-state index is 12.6. The van der Waals surface area contributed by atoms with Crippen LogP contribution in [0, 0.1) is 0 Å². The molecule has 4 nitrogen and oxygen atoms in total. The first-order chi connectivity index (χ1) is 9.70. The summed E-state index contributed by atoms with van der Waals surface area (Å²) < 4.78 is 10.7. The highest BCUT2D eigenvalue weighted by atomic mass is 16.5. The molecule has 1 unspecified atom stereocenters. The van der Waals surface area contributed by atoms with Gasteiger partial charge in [-0.05, 0) is 5.56 Å². The van der Waals surface area contributed by atoms with Crippen molar-refractivity contribution in [2.45, 2.75) is 5.92 Å². The first-order valence-corrected chi connectivity index (χ1v) is 6.33. The maximum absolute atomic E-state index is 12.6. The Morgan fingerprint density at radius 2 is 2.00 bits per heavy atom. The van der Waals surface area contributed by atoms with Gasteiger partial charge in [0.1, 0.15) is 29.4 Å². The number of hydrogen-bond donors (Lipinski definition) is 1. The minimum atomic E-state index is -0.386. The molecule has 0 saturated carbocycles. The van der Waals surface area contributed by atoms with Gasteiger partial charge in [0.15, 0.2) is 5.78 Å². The van der Waals surface area contributed by atoms with Crippen LogP contribution in [0.15, 0.2) is 42.5 Å². The number of Topliss-reactive ketones (excluding diaryl/α,β-unsaturated/α-hetero) is 1. The second kappa shape index (κ2) is 4.89. The molecule has 1 N–H and O–H groups in total. The van der Waals surface area contributed by atoms with Crippen LogP contribution in [-0.4, -0.2) is 24.6 Å². The van der Waals surface area contributed by atoms with Crippen molar-refractivity contribution in [2.75, 3.05) is 13.7 Å². The third-order valence-corrected chi connectivity index (χ3v) is 3.46. The quantitative estimate of drug-likeness (QED) is 0.911. The zero-order chi connectivity index (χ0) is 14.1. The van der Waals surface area contributed by atoms with Crippen LogP contribution in [0.4, 0.5) is 0 Å². The first kappa shape index (κ1) is 12.5. The van der Waals surface area contributed by atoms with Gasteiger partial charge in [-0.15, -0.1) is 0 Å². The van der Waals surface area contributed by atoms with Crippen LogP contribution in [0.1, 0.15) is 21.8 Å². The highest BCUT2D eigenvalue weighted by molar-refractivity contribution is 6.06. The smallest absolute Gasteiger partial charge is 0.181 e. The zero-order valence-electron chi connectivity index (χ0n) is 11.0. The normalized spacial score (nSPS) is 17.2. The lowest BCUT2D eigenvalue weighted by molar-refractivity contribution is 0.0892. The summed E-state index contributed by atoms with van der Waals surface area (Å²) in [5.41, 5.74) is 1.12. The van der Waals surface area contributed by atoms with E-state index in [2.05, 4.69) is 0 Å². The molecule has 0 aromatic heterocycles. The zero-order valence-corrected chi connectivity index (χ0v) is 11.0. The summed E-state index contributed by atoms with van der Waals surface area (Å²) in [7, 11) is 1.50. The van der Waals surface area contributed by atoms with Crippen LogP contribution in [0.25, 0.3) is 0 Å². The van der Waals surface area contributed by atoms with Crippen molar-refractivity contribution in [2.24, 2.45) is 0 Å². The minimum Gasteiger partial charge on any atom is -0.507 e. The van der Waals surface area contributed by atoms with Gasteiger partial charge < -0.3 is 14.6 Å². The van der Waals surface area contributed by atoms with Gasteiger partial charge in [-0.1, -0.05) is 30.3 Å². The summed E-state index contributed by atoms with van der Waals surface area (Å²) in [5.74, 6) is 0.219. The van der Waals surface area contributed by atoms with Gasteiger partial charge in [-0.2, -0.15) is 0 Å². The molecule has 1 aliphatic heterocycles. The number of phenols is 1. The van der Waals surface area contributed by atoms with Gasteiger partial charge >= 0.3 is 0 Å². The van der Waals surface area contributed by atoms with Gasteiger partial charge in [0, 0.05) is 12.1 Å². The standard InChI is InChI=1S/C16H14O4/c1-19-11-7-13(17)15-14(8-11)20-9-12(16(15)18)10-5-3-2-4-6-10/h2-8,12,17H,9H2,1H3. The fourth-order valence-electron chi connectivity index (χ4n) is 2.41. The predicted molar refractivity (Wildman–Crippen MR) is 73.7 cm³/mol. The summed E-state index contributed by atoms with van der Waals surface area (Å²) in [5, 5.41) is 10.0. The van der Waals surface area contributed by atoms with Crippen molar-refractivity contribution in [3.05, 3.63) is 53.6 Å². The fourth-order valence-corrected chi connectivity index (χ4v) is 2.41. The van der Waals surface area contributed by atoms with Crippen molar-refractivity contribution in [1.29, 1.82) is 0 Å². The number of ether oxygens (including phenoxy) is 2. The number of fused-ring (bicyclic) bond motifs is 1. The van der Waals surface area contributed by atoms with Crippen molar-refractivity contribution in [1.82, 2.24) is 0 Å². The number of rotatable bonds is 2. The van der Waals surface area contributed by atoms with E-state index in [1.54, 1.807) is 6.07 Å².